The van der Waals surface area contributed by atoms with E-state index in [-0.39, 0.29) is 28.7 Å². The molecule has 0 aliphatic carbocycles. The Kier molecular flexibility index (Phi) is 7.88. The van der Waals surface area contributed by atoms with E-state index in [1.54, 1.807) is 6.07 Å². The Balaban J connectivity index is 0.00000300. The summed E-state index contributed by atoms with van der Waals surface area (Å²) in [6, 6.07) is 10.1. The Morgan fingerprint density at radius 1 is 1.10 bits per heavy atom. The zero-order valence-electron chi connectivity index (χ0n) is 15.6. The normalized spacial score (nSPS) is 14.3. The van der Waals surface area contributed by atoms with E-state index in [4.69, 9.17) is 4.74 Å². The predicted molar refractivity (Wildman–Crippen MR) is 109 cm³/mol. The summed E-state index contributed by atoms with van der Waals surface area (Å²) in [6.07, 6.45) is 0. The maximum Gasteiger partial charge on any atom is 0.387 e. The topological polar surface area (TPSA) is 79.9 Å². The average molecular weight is 450 g/mol. The van der Waals surface area contributed by atoms with Crippen molar-refractivity contribution in [3.63, 3.8) is 0 Å². The van der Waals surface area contributed by atoms with Gasteiger partial charge in [0.15, 0.2) is 0 Å². The predicted octanol–water partition coefficient (Wildman–Crippen LogP) is 2.93. The number of anilines is 2. The number of nitrogens with one attached hydrogen (secondary N) is 2. The van der Waals surface area contributed by atoms with Crippen LogP contribution >= 0.6 is 12.4 Å². The second-order valence-electron chi connectivity index (χ2n) is 6.05. The lowest BCUT2D eigenvalue weighted by Crippen LogP contribution is -2.43. The molecular formula is C18H22ClF2N3O4S. The first kappa shape index (κ1) is 23.0. The zero-order chi connectivity index (χ0) is 20.1. The summed E-state index contributed by atoms with van der Waals surface area (Å²) in [7, 11) is -2.51. The van der Waals surface area contributed by atoms with E-state index < -0.39 is 16.6 Å². The van der Waals surface area contributed by atoms with Gasteiger partial charge in [0.25, 0.3) is 10.0 Å². The van der Waals surface area contributed by atoms with Gasteiger partial charge in [-0.1, -0.05) is 12.1 Å². The van der Waals surface area contributed by atoms with Crippen molar-refractivity contribution in [2.24, 2.45) is 0 Å². The van der Waals surface area contributed by atoms with Crippen LogP contribution in [0.2, 0.25) is 0 Å². The number of nitrogens with zero attached hydrogens (tertiary/aromatic N) is 1. The number of methoxy groups -OCH3 is 1. The summed E-state index contributed by atoms with van der Waals surface area (Å²) >= 11 is 0. The molecule has 0 spiro atoms. The number of alkyl halides is 2. The number of ether oxygens (including phenoxy) is 2. The molecular weight excluding hydrogens is 428 g/mol. The molecule has 1 heterocycles. The van der Waals surface area contributed by atoms with Gasteiger partial charge < -0.3 is 19.7 Å². The minimum atomic E-state index is -4.03. The number of halogens is 3. The van der Waals surface area contributed by atoms with E-state index >= 15 is 0 Å². The van der Waals surface area contributed by atoms with Crippen LogP contribution < -0.4 is 24.4 Å². The molecule has 0 unspecified atom stereocenters. The fraction of sp³-hybridized carbons (Fsp3) is 0.333. The van der Waals surface area contributed by atoms with Gasteiger partial charge in [0.2, 0.25) is 0 Å². The monoisotopic (exact) mass is 449 g/mol. The molecule has 0 amide bonds. The highest BCUT2D eigenvalue weighted by molar-refractivity contribution is 7.92. The Morgan fingerprint density at radius 2 is 1.79 bits per heavy atom. The van der Waals surface area contributed by atoms with Crippen molar-refractivity contribution in [3.8, 4) is 11.5 Å². The first-order chi connectivity index (χ1) is 13.4. The number of sulfonamides is 1. The van der Waals surface area contributed by atoms with E-state index in [0.29, 0.717) is 24.5 Å². The number of benzene rings is 2. The Bertz CT molecular complexity index is 925. The van der Waals surface area contributed by atoms with Crippen molar-refractivity contribution in [2.75, 3.05) is 42.9 Å². The lowest BCUT2D eigenvalue weighted by molar-refractivity contribution is -0.0493. The van der Waals surface area contributed by atoms with Crippen molar-refractivity contribution >= 4 is 33.8 Å². The second kappa shape index (κ2) is 9.95. The fourth-order valence-corrected chi connectivity index (χ4v) is 4.03. The number of hydrogen-bond donors (Lipinski definition) is 2. The molecule has 1 aliphatic heterocycles. The molecule has 160 valence electrons. The van der Waals surface area contributed by atoms with E-state index in [0.717, 1.165) is 13.1 Å². The highest BCUT2D eigenvalue weighted by Crippen LogP contribution is 2.33. The molecule has 1 saturated heterocycles. The molecule has 3 rings (SSSR count). The first-order valence-corrected chi connectivity index (χ1v) is 10.1. The maximum atomic E-state index is 12.8. The number of rotatable bonds is 7. The quantitative estimate of drug-likeness (QED) is 0.676. The van der Waals surface area contributed by atoms with Crippen LogP contribution in [0.5, 0.6) is 11.5 Å². The van der Waals surface area contributed by atoms with Crippen molar-refractivity contribution in [2.45, 2.75) is 11.5 Å². The van der Waals surface area contributed by atoms with E-state index in [9.17, 15) is 17.2 Å². The molecule has 2 aromatic rings. The lowest BCUT2D eigenvalue weighted by Gasteiger charge is -2.30. The highest BCUT2D eigenvalue weighted by atomic mass is 35.5. The SMILES string of the molecule is COc1ccc(S(=O)(=O)Nc2ccccc2OC(F)F)cc1N1CCNCC1.Cl. The molecule has 0 atom stereocenters. The van der Waals surface area contributed by atoms with Crippen LogP contribution in [0.25, 0.3) is 0 Å². The minimum Gasteiger partial charge on any atom is -0.495 e. The minimum absolute atomic E-state index is 0. The zero-order valence-corrected chi connectivity index (χ0v) is 17.2. The van der Waals surface area contributed by atoms with Gasteiger partial charge in [0.1, 0.15) is 11.5 Å². The van der Waals surface area contributed by atoms with Gasteiger partial charge in [-0.3, -0.25) is 4.72 Å². The highest BCUT2D eigenvalue weighted by Gasteiger charge is 2.22. The Labute approximate surface area is 174 Å². The lowest BCUT2D eigenvalue weighted by atomic mass is 10.2. The number of piperazine rings is 1. The van der Waals surface area contributed by atoms with Crippen LogP contribution in [0.1, 0.15) is 0 Å². The van der Waals surface area contributed by atoms with Crippen LogP contribution in [-0.4, -0.2) is 48.3 Å². The molecule has 2 aromatic carbocycles. The molecule has 2 N–H and O–H groups in total. The fourth-order valence-electron chi connectivity index (χ4n) is 2.94. The Morgan fingerprint density at radius 3 is 2.45 bits per heavy atom. The van der Waals surface area contributed by atoms with Gasteiger partial charge in [0, 0.05) is 26.2 Å². The van der Waals surface area contributed by atoms with Gasteiger partial charge >= 0.3 is 6.61 Å². The van der Waals surface area contributed by atoms with Crippen LogP contribution in [0, 0.1) is 0 Å². The number of para-hydroxylation sites is 2. The van der Waals surface area contributed by atoms with Crippen LogP contribution in [0.4, 0.5) is 20.2 Å². The molecule has 0 radical (unpaired) electrons. The molecule has 1 fully saturated rings. The molecule has 29 heavy (non-hydrogen) atoms. The molecule has 11 heteroatoms. The third-order valence-electron chi connectivity index (χ3n) is 4.27. The molecule has 0 bridgehead atoms. The maximum absolute atomic E-state index is 12.8. The van der Waals surface area contributed by atoms with Crippen molar-refractivity contribution < 1.29 is 26.7 Å². The van der Waals surface area contributed by atoms with Crippen molar-refractivity contribution in [1.82, 2.24) is 5.32 Å². The standard InChI is InChI=1S/C18H21F2N3O4S.ClH/c1-26-17-7-6-13(12-15(17)23-10-8-21-9-11-23)28(24,25)22-14-4-2-3-5-16(14)27-18(19)20;/h2-7,12,18,21-22H,8-11H2,1H3;1H. The third-order valence-corrected chi connectivity index (χ3v) is 5.63. The van der Waals surface area contributed by atoms with Gasteiger partial charge in [-0.15, -0.1) is 12.4 Å². The average Bonchev–Trinajstić information content (AvgIpc) is 2.69. The summed E-state index contributed by atoms with van der Waals surface area (Å²) in [5, 5.41) is 3.23. The third kappa shape index (κ3) is 5.62. The summed E-state index contributed by atoms with van der Waals surface area (Å²) < 4.78 is 62.9. The van der Waals surface area contributed by atoms with E-state index in [1.807, 2.05) is 4.90 Å². The van der Waals surface area contributed by atoms with E-state index in [2.05, 4.69) is 14.8 Å². The van der Waals surface area contributed by atoms with Crippen molar-refractivity contribution in [1.29, 1.82) is 0 Å². The van der Waals surface area contributed by atoms with Gasteiger partial charge in [-0.2, -0.15) is 8.78 Å². The second-order valence-corrected chi connectivity index (χ2v) is 7.73. The van der Waals surface area contributed by atoms with Crippen molar-refractivity contribution in [3.05, 3.63) is 42.5 Å². The van der Waals surface area contributed by atoms with E-state index in [1.165, 1.54) is 43.5 Å². The van der Waals surface area contributed by atoms with Crippen LogP contribution in [0.3, 0.4) is 0 Å². The molecule has 1 aliphatic rings. The van der Waals surface area contributed by atoms with Gasteiger partial charge in [0.05, 0.1) is 23.4 Å². The summed E-state index contributed by atoms with van der Waals surface area (Å²) in [6.45, 7) is -0.101. The van der Waals surface area contributed by atoms with Gasteiger partial charge in [-0.25, -0.2) is 8.42 Å². The molecule has 7 nitrogen and oxygen atoms in total. The summed E-state index contributed by atoms with van der Waals surface area (Å²) in [5.41, 5.74) is 0.589. The largest absolute Gasteiger partial charge is 0.495 e. The summed E-state index contributed by atoms with van der Waals surface area (Å²) in [5.74, 6) is 0.305. The Hall–Kier alpha value is -2.30. The van der Waals surface area contributed by atoms with Gasteiger partial charge in [-0.05, 0) is 30.3 Å². The van der Waals surface area contributed by atoms with Crippen LogP contribution in [0.15, 0.2) is 47.4 Å². The smallest absolute Gasteiger partial charge is 0.387 e. The number of hydrogen-bond acceptors (Lipinski definition) is 6. The summed E-state index contributed by atoms with van der Waals surface area (Å²) in [4.78, 5) is 2.02. The first-order valence-electron chi connectivity index (χ1n) is 8.61. The molecule has 0 aromatic heterocycles. The molecule has 0 saturated carbocycles. The van der Waals surface area contributed by atoms with Crippen LogP contribution in [-0.2, 0) is 10.0 Å².